The fraction of sp³-hybridized carbons (Fsp3) is 0.375. The van der Waals surface area contributed by atoms with Gasteiger partial charge in [0, 0.05) is 38.7 Å². The van der Waals surface area contributed by atoms with Crippen LogP contribution < -0.4 is 4.90 Å². The van der Waals surface area contributed by atoms with Crippen LogP contribution in [0.1, 0.15) is 37.3 Å². The maximum Gasteiger partial charge on any atom is 0.224 e. The molecule has 1 aliphatic heterocycles. The van der Waals surface area contributed by atoms with E-state index in [0.29, 0.717) is 30.1 Å². The Kier molecular flexibility index (Phi) is 7.02. The smallest absolute Gasteiger partial charge is 0.224 e. The van der Waals surface area contributed by atoms with Gasteiger partial charge in [0.2, 0.25) is 11.8 Å². The van der Waals surface area contributed by atoms with Crippen LogP contribution >= 0.6 is 0 Å². The minimum atomic E-state index is -0.130. The van der Waals surface area contributed by atoms with Gasteiger partial charge in [0.1, 0.15) is 0 Å². The van der Waals surface area contributed by atoms with Crippen molar-refractivity contribution in [2.75, 3.05) is 24.5 Å². The second kappa shape index (κ2) is 9.88. The lowest BCUT2D eigenvalue weighted by atomic mass is 9.90. The van der Waals surface area contributed by atoms with Gasteiger partial charge >= 0.3 is 0 Å². The number of hydrogen-bond acceptors (Lipinski definition) is 3. The van der Waals surface area contributed by atoms with E-state index in [9.17, 15) is 9.59 Å². The van der Waals surface area contributed by atoms with Crippen molar-refractivity contribution < 1.29 is 9.59 Å². The number of piperidine rings is 1. The van der Waals surface area contributed by atoms with E-state index in [1.807, 2.05) is 11.0 Å². The van der Waals surface area contributed by atoms with Crippen molar-refractivity contribution in [2.24, 2.45) is 5.92 Å². The van der Waals surface area contributed by atoms with Crippen LogP contribution in [0.2, 0.25) is 0 Å². The number of carbonyl (C=O) groups is 2. The number of hydrogen-bond donors (Lipinski definition) is 0. The molecule has 29 heavy (non-hydrogen) atoms. The van der Waals surface area contributed by atoms with Crippen LogP contribution in [0.25, 0.3) is 0 Å². The summed E-state index contributed by atoms with van der Waals surface area (Å²) in [6.45, 7) is 3.37. The zero-order valence-electron chi connectivity index (χ0n) is 16.9. The highest BCUT2D eigenvalue weighted by Gasteiger charge is 2.24. The average molecular weight is 389 g/mol. The molecular weight excluding hydrogens is 362 g/mol. The maximum absolute atomic E-state index is 12.7. The molecule has 0 atom stereocenters. The summed E-state index contributed by atoms with van der Waals surface area (Å²) in [7, 11) is 0. The van der Waals surface area contributed by atoms with E-state index in [1.165, 1.54) is 12.5 Å². The number of carbonyl (C=O) groups excluding carboxylic acids is 2. The molecule has 0 aromatic heterocycles. The second-order valence-corrected chi connectivity index (χ2v) is 7.60. The Bertz CT molecular complexity index is 880. The molecule has 150 valence electrons. The van der Waals surface area contributed by atoms with Crippen molar-refractivity contribution >= 4 is 17.5 Å². The molecule has 3 rings (SSSR count). The molecule has 1 aliphatic rings. The lowest BCUT2D eigenvalue weighted by Crippen LogP contribution is -2.41. The normalized spacial score (nSPS) is 14.3. The van der Waals surface area contributed by atoms with Crippen LogP contribution in [0.15, 0.2) is 54.6 Å². The maximum atomic E-state index is 12.7. The standard InChI is InChI=1S/C24H27N3O2/c1-19(28)27(23-9-5-8-22(17-23)18-25)15-12-24(29)26-13-10-21(11-14-26)16-20-6-3-2-4-7-20/h2-9,17,21H,10-16H2,1H3. The predicted octanol–water partition coefficient (Wildman–Crippen LogP) is 3.78. The largest absolute Gasteiger partial charge is 0.343 e. The van der Waals surface area contributed by atoms with Gasteiger partial charge in [-0.1, -0.05) is 36.4 Å². The van der Waals surface area contributed by atoms with E-state index < -0.39 is 0 Å². The first-order valence-corrected chi connectivity index (χ1v) is 10.2. The molecule has 2 aromatic carbocycles. The van der Waals surface area contributed by atoms with Crippen LogP contribution in [0.5, 0.6) is 0 Å². The van der Waals surface area contributed by atoms with Crippen LogP contribution in [-0.4, -0.2) is 36.3 Å². The van der Waals surface area contributed by atoms with Crippen molar-refractivity contribution in [2.45, 2.75) is 32.6 Å². The summed E-state index contributed by atoms with van der Waals surface area (Å²) in [4.78, 5) is 28.2. The number of amides is 2. The first kappa shape index (κ1) is 20.6. The van der Waals surface area contributed by atoms with Gasteiger partial charge in [0.25, 0.3) is 0 Å². The Morgan fingerprint density at radius 2 is 1.83 bits per heavy atom. The summed E-state index contributed by atoms with van der Waals surface area (Å²) in [5.74, 6) is 0.573. The molecule has 0 unspecified atom stereocenters. The average Bonchev–Trinajstić information content (AvgIpc) is 2.75. The summed E-state index contributed by atoms with van der Waals surface area (Å²) < 4.78 is 0. The van der Waals surface area contributed by atoms with Crippen LogP contribution in [-0.2, 0) is 16.0 Å². The van der Waals surface area contributed by atoms with Gasteiger partial charge in [-0.2, -0.15) is 5.26 Å². The Morgan fingerprint density at radius 1 is 1.10 bits per heavy atom. The van der Waals surface area contributed by atoms with E-state index in [2.05, 4.69) is 30.3 Å². The van der Waals surface area contributed by atoms with E-state index in [-0.39, 0.29) is 11.8 Å². The zero-order chi connectivity index (χ0) is 20.6. The van der Waals surface area contributed by atoms with E-state index in [1.54, 1.807) is 29.2 Å². The Labute approximate surface area is 172 Å². The highest BCUT2D eigenvalue weighted by Crippen LogP contribution is 2.22. The molecule has 5 nitrogen and oxygen atoms in total. The number of anilines is 1. The van der Waals surface area contributed by atoms with Crippen molar-refractivity contribution in [1.29, 1.82) is 5.26 Å². The molecule has 5 heteroatoms. The Morgan fingerprint density at radius 3 is 2.48 bits per heavy atom. The molecule has 2 aromatic rings. The van der Waals surface area contributed by atoms with Crippen molar-refractivity contribution in [1.82, 2.24) is 4.90 Å². The molecule has 1 heterocycles. The molecule has 0 saturated carbocycles. The van der Waals surface area contributed by atoms with Gasteiger partial charge in [0.15, 0.2) is 0 Å². The van der Waals surface area contributed by atoms with E-state index in [4.69, 9.17) is 5.26 Å². The summed E-state index contributed by atoms with van der Waals surface area (Å²) in [6.07, 6.45) is 3.39. The highest BCUT2D eigenvalue weighted by molar-refractivity contribution is 5.92. The summed E-state index contributed by atoms with van der Waals surface area (Å²) >= 11 is 0. The molecular formula is C24H27N3O2. The van der Waals surface area contributed by atoms with Gasteiger partial charge in [0.05, 0.1) is 11.6 Å². The molecule has 0 bridgehead atoms. The summed E-state index contributed by atoms with van der Waals surface area (Å²) in [5.41, 5.74) is 2.51. The monoisotopic (exact) mass is 389 g/mol. The van der Waals surface area contributed by atoms with Crippen molar-refractivity contribution in [3.63, 3.8) is 0 Å². The molecule has 0 N–H and O–H groups in total. The second-order valence-electron chi connectivity index (χ2n) is 7.60. The molecule has 0 aliphatic carbocycles. The molecule has 2 amide bonds. The highest BCUT2D eigenvalue weighted by atomic mass is 16.2. The predicted molar refractivity (Wildman–Crippen MR) is 113 cm³/mol. The molecule has 0 radical (unpaired) electrons. The zero-order valence-corrected chi connectivity index (χ0v) is 16.9. The fourth-order valence-corrected chi connectivity index (χ4v) is 3.91. The number of benzene rings is 2. The number of likely N-dealkylation sites (tertiary alicyclic amines) is 1. The van der Waals surface area contributed by atoms with Gasteiger partial charge in [-0.3, -0.25) is 9.59 Å². The topological polar surface area (TPSA) is 64.4 Å². The van der Waals surface area contributed by atoms with E-state index in [0.717, 1.165) is 32.4 Å². The quantitative estimate of drug-likeness (QED) is 0.755. The summed E-state index contributed by atoms with van der Waals surface area (Å²) in [5, 5.41) is 9.07. The van der Waals surface area contributed by atoms with Crippen LogP contribution in [0.3, 0.4) is 0 Å². The molecule has 1 saturated heterocycles. The Hall–Kier alpha value is -3.13. The van der Waals surface area contributed by atoms with E-state index >= 15 is 0 Å². The minimum Gasteiger partial charge on any atom is -0.343 e. The third-order valence-electron chi connectivity index (χ3n) is 5.55. The van der Waals surface area contributed by atoms with Gasteiger partial charge < -0.3 is 9.80 Å². The number of nitriles is 1. The van der Waals surface area contributed by atoms with Gasteiger partial charge in [-0.05, 0) is 48.9 Å². The van der Waals surface area contributed by atoms with Crippen molar-refractivity contribution in [3.8, 4) is 6.07 Å². The minimum absolute atomic E-state index is 0.0887. The van der Waals surface area contributed by atoms with Gasteiger partial charge in [-0.15, -0.1) is 0 Å². The lowest BCUT2D eigenvalue weighted by molar-refractivity contribution is -0.132. The number of rotatable bonds is 6. The lowest BCUT2D eigenvalue weighted by Gasteiger charge is -2.33. The molecule has 0 spiro atoms. The van der Waals surface area contributed by atoms with Crippen LogP contribution in [0, 0.1) is 17.2 Å². The van der Waals surface area contributed by atoms with Crippen LogP contribution in [0.4, 0.5) is 5.69 Å². The third kappa shape index (κ3) is 5.68. The summed E-state index contributed by atoms with van der Waals surface area (Å²) in [6, 6.07) is 19.5. The van der Waals surface area contributed by atoms with Crippen molar-refractivity contribution in [3.05, 3.63) is 65.7 Å². The first-order valence-electron chi connectivity index (χ1n) is 10.2. The molecule has 1 fully saturated rings. The Balaban J connectivity index is 1.51. The fourth-order valence-electron chi connectivity index (χ4n) is 3.91. The van der Waals surface area contributed by atoms with Gasteiger partial charge in [-0.25, -0.2) is 0 Å². The third-order valence-corrected chi connectivity index (χ3v) is 5.55. The SMILES string of the molecule is CC(=O)N(CCC(=O)N1CCC(Cc2ccccc2)CC1)c1cccc(C#N)c1. The first-order chi connectivity index (χ1) is 14.1. The number of nitrogens with zero attached hydrogens (tertiary/aromatic N) is 3.